The Labute approximate surface area is 220 Å². The van der Waals surface area contributed by atoms with Gasteiger partial charge in [0.15, 0.2) is 0 Å². The molecular weight excluding hydrogens is 464 g/mol. The molecule has 3 rings (SSSR count). The molecule has 0 aliphatic heterocycles. The third-order valence-electron chi connectivity index (χ3n) is 6.04. The molecule has 1 N–H and O–H groups in total. The fourth-order valence-corrected chi connectivity index (χ4v) is 4.76. The van der Waals surface area contributed by atoms with Crippen molar-refractivity contribution in [2.24, 2.45) is 5.92 Å². The fourth-order valence-electron chi connectivity index (χ4n) is 3.89. The van der Waals surface area contributed by atoms with Gasteiger partial charge in [0.2, 0.25) is 11.8 Å². The second-order valence-electron chi connectivity index (χ2n) is 9.83. The normalized spacial score (nSPS) is 11.8. The number of nitrogens with one attached hydrogen (secondary N) is 1. The van der Waals surface area contributed by atoms with Crippen LogP contribution in [0.25, 0.3) is 0 Å². The molecule has 0 radical (unpaired) electrons. The Balaban J connectivity index is 1.82. The largest absolute Gasteiger partial charge is 0.354 e. The van der Waals surface area contributed by atoms with Crippen molar-refractivity contribution in [3.8, 4) is 0 Å². The van der Waals surface area contributed by atoms with E-state index in [1.807, 2.05) is 49.4 Å². The molecule has 0 aromatic heterocycles. The number of aryl methyl sites for hydroxylation is 2. The Morgan fingerprint density at radius 3 is 1.97 bits per heavy atom. The number of rotatable bonds is 12. The van der Waals surface area contributed by atoms with Crippen LogP contribution in [0, 0.1) is 19.8 Å². The summed E-state index contributed by atoms with van der Waals surface area (Å²) in [5.74, 6) is 1.29. The molecule has 0 saturated carbocycles. The maximum Gasteiger partial charge on any atom is 0.243 e. The highest BCUT2D eigenvalue weighted by Crippen LogP contribution is 2.19. The lowest BCUT2D eigenvalue weighted by Gasteiger charge is -2.32. The van der Waals surface area contributed by atoms with Crippen molar-refractivity contribution in [2.75, 3.05) is 12.3 Å². The van der Waals surface area contributed by atoms with Crippen LogP contribution in [0.2, 0.25) is 0 Å². The molecule has 5 heteroatoms. The molecule has 36 heavy (non-hydrogen) atoms. The molecule has 0 saturated heterocycles. The fraction of sp³-hybridized carbons (Fsp3) is 0.355. The van der Waals surface area contributed by atoms with E-state index in [1.54, 1.807) is 16.7 Å². The summed E-state index contributed by atoms with van der Waals surface area (Å²) in [6, 6.07) is 26.0. The summed E-state index contributed by atoms with van der Waals surface area (Å²) in [5.41, 5.74) is 5.64. The van der Waals surface area contributed by atoms with E-state index in [0.717, 1.165) is 16.9 Å². The van der Waals surface area contributed by atoms with Gasteiger partial charge in [0.05, 0.1) is 5.75 Å². The van der Waals surface area contributed by atoms with E-state index in [0.29, 0.717) is 31.2 Å². The number of thioether (sulfide) groups is 1. The minimum Gasteiger partial charge on any atom is -0.354 e. The lowest BCUT2D eigenvalue weighted by atomic mass is 10.0. The molecule has 4 nitrogen and oxygen atoms in total. The summed E-state index contributed by atoms with van der Waals surface area (Å²) >= 11 is 1.59. The predicted molar refractivity (Wildman–Crippen MR) is 151 cm³/mol. The second kappa shape index (κ2) is 13.9. The summed E-state index contributed by atoms with van der Waals surface area (Å²) < 4.78 is 0. The SMILES string of the molecule is Cc1ccc(CSCC(=O)N(Cc2ccc(C)cc2)[C@@H](Cc2ccccc2)C(=O)NCC(C)C)cc1. The van der Waals surface area contributed by atoms with E-state index >= 15 is 0 Å². The van der Waals surface area contributed by atoms with Gasteiger partial charge in [-0.3, -0.25) is 9.59 Å². The van der Waals surface area contributed by atoms with Crippen molar-refractivity contribution in [1.82, 2.24) is 10.2 Å². The highest BCUT2D eigenvalue weighted by molar-refractivity contribution is 7.99. The van der Waals surface area contributed by atoms with Gasteiger partial charge in [-0.15, -0.1) is 11.8 Å². The highest BCUT2D eigenvalue weighted by atomic mass is 32.2. The van der Waals surface area contributed by atoms with Gasteiger partial charge in [0.25, 0.3) is 0 Å². The third-order valence-corrected chi connectivity index (χ3v) is 7.03. The molecule has 0 bridgehead atoms. The first-order chi connectivity index (χ1) is 17.3. The molecule has 0 heterocycles. The van der Waals surface area contributed by atoms with Crippen LogP contribution in [0.4, 0.5) is 0 Å². The van der Waals surface area contributed by atoms with Crippen molar-refractivity contribution >= 4 is 23.6 Å². The molecule has 0 aliphatic carbocycles. The number of benzene rings is 3. The van der Waals surface area contributed by atoms with Crippen LogP contribution >= 0.6 is 11.8 Å². The first kappa shape index (κ1) is 27.5. The first-order valence-electron chi connectivity index (χ1n) is 12.6. The zero-order chi connectivity index (χ0) is 25.9. The van der Waals surface area contributed by atoms with Crippen LogP contribution in [0.15, 0.2) is 78.9 Å². The summed E-state index contributed by atoms with van der Waals surface area (Å²) in [6.07, 6.45) is 0.477. The van der Waals surface area contributed by atoms with Crippen LogP contribution < -0.4 is 5.32 Å². The van der Waals surface area contributed by atoms with Crippen LogP contribution in [0.1, 0.15) is 41.7 Å². The number of hydrogen-bond donors (Lipinski definition) is 1. The first-order valence-corrected chi connectivity index (χ1v) is 13.8. The van der Waals surface area contributed by atoms with E-state index in [4.69, 9.17) is 0 Å². The molecule has 0 spiro atoms. The number of carbonyl (C=O) groups is 2. The van der Waals surface area contributed by atoms with Gasteiger partial charge in [0, 0.05) is 25.3 Å². The van der Waals surface area contributed by atoms with Crippen LogP contribution in [0.3, 0.4) is 0 Å². The average Bonchev–Trinajstić information content (AvgIpc) is 2.87. The molecule has 0 aliphatic rings. The van der Waals surface area contributed by atoms with E-state index < -0.39 is 6.04 Å². The van der Waals surface area contributed by atoms with Crippen LogP contribution in [-0.4, -0.2) is 35.1 Å². The number of carbonyl (C=O) groups excluding carboxylic acids is 2. The van der Waals surface area contributed by atoms with Crippen molar-refractivity contribution in [1.29, 1.82) is 0 Å². The Kier molecular flexibility index (Phi) is 10.6. The maximum atomic E-state index is 13.7. The van der Waals surface area contributed by atoms with Crippen molar-refractivity contribution < 1.29 is 9.59 Å². The Morgan fingerprint density at radius 1 is 0.806 bits per heavy atom. The highest BCUT2D eigenvalue weighted by Gasteiger charge is 2.30. The molecule has 0 fully saturated rings. The van der Waals surface area contributed by atoms with Gasteiger partial charge in [0.1, 0.15) is 6.04 Å². The Morgan fingerprint density at radius 2 is 1.39 bits per heavy atom. The average molecular weight is 503 g/mol. The standard InChI is InChI=1S/C31H38N2O2S/c1-23(2)19-32-31(35)29(18-26-8-6-5-7-9-26)33(20-27-14-10-24(3)11-15-27)30(34)22-36-21-28-16-12-25(4)13-17-28/h5-17,23,29H,18-22H2,1-4H3,(H,32,35)/t29-/m0/s1. The van der Waals surface area contributed by atoms with Crippen LogP contribution in [-0.2, 0) is 28.3 Å². The molecule has 3 aromatic carbocycles. The van der Waals surface area contributed by atoms with Gasteiger partial charge >= 0.3 is 0 Å². The number of hydrogen-bond acceptors (Lipinski definition) is 3. The number of amides is 2. The smallest absolute Gasteiger partial charge is 0.243 e. The second-order valence-corrected chi connectivity index (χ2v) is 10.8. The van der Waals surface area contributed by atoms with Gasteiger partial charge in [-0.25, -0.2) is 0 Å². The van der Waals surface area contributed by atoms with E-state index in [9.17, 15) is 9.59 Å². The van der Waals surface area contributed by atoms with Gasteiger partial charge < -0.3 is 10.2 Å². The minimum atomic E-state index is -0.583. The van der Waals surface area contributed by atoms with Crippen molar-refractivity contribution in [2.45, 2.75) is 52.5 Å². The molecule has 3 aromatic rings. The monoisotopic (exact) mass is 502 g/mol. The topological polar surface area (TPSA) is 49.4 Å². The Hall–Kier alpha value is -3.05. The van der Waals surface area contributed by atoms with Crippen molar-refractivity contribution in [3.05, 3.63) is 107 Å². The summed E-state index contributed by atoms with van der Waals surface area (Å²) in [5, 5.41) is 3.08. The van der Waals surface area contributed by atoms with E-state index in [-0.39, 0.29) is 11.8 Å². The van der Waals surface area contributed by atoms with E-state index in [1.165, 1.54) is 16.7 Å². The minimum absolute atomic E-state index is 0.0201. The van der Waals surface area contributed by atoms with Gasteiger partial charge in [-0.2, -0.15) is 0 Å². The summed E-state index contributed by atoms with van der Waals surface area (Å²) in [4.78, 5) is 28.9. The predicted octanol–water partition coefficient (Wildman–Crippen LogP) is 5.95. The molecular formula is C31H38N2O2S. The molecule has 2 amide bonds. The molecule has 1 atom stereocenters. The summed E-state index contributed by atoms with van der Waals surface area (Å²) in [7, 11) is 0. The van der Waals surface area contributed by atoms with E-state index in [2.05, 4.69) is 62.5 Å². The van der Waals surface area contributed by atoms with Gasteiger partial charge in [-0.05, 0) is 36.5 Å². The summed E-state index contributed by atoms with van der Waals surface area (Å²) in [6.45, 7) is 9.25. The van der Waals surface area contributed by atoms with Crippen molar-refractivity contribution in [3.63, 3.8) is 0 Å². The van der Waals surface area contributed by atoms with Gasteiger partial charge in [-0.1, -0.05) is 104 Å². The lowest BCUT2D eigenvalue weighted by molar-refractivity contribution is -0.139. The number of nitrogens with zero attached hydrogens (tertiary/aromatic N) is 1. The molecule has 190 valence electrons. The third kappa shape index (κ3) is 8.87. The maximum absolute atomic E-state index is 13.7. The van der Waals surface area contributed by atoms with Crippen LogP contribution in [0.5, 0.6) is 0 Å². The molecule has 0 unspecified atom stereocenters. The quantitative estimate of drug-likeness (QED) is 0.333. The zero-order valence-electron chi connectivity index (χ0n) is 21.9. The zero-order valence-corrected chi connectivity index (χ0v) is 22.7. The Bertz CT molecular complexity index is 1100. The lowest BCUT2D eigenvalue weighted by Crippen LogP contribution is -2.51.